The summed E-state index contributed by atoms with van der Waals surface area (Å²) < 4.78 is 69.6. The van der Waals surface area contributed by atoms with Gasteiger partial charge < -0.3 is 14.8 Å². The van der Waals surface area contributed by atoms with Gasteiger partial charge in [0.2, 0.25) is 11.8 Å². The van der Waals surface area contributed by atoms with Crippen LogP contribution in [0.1, 0.15) is 87.0 Å². The summed E-state index contributed by atoms with van der Waals surface area (Å²) >= 11 is 0. The first-order valence-corrected chi connectivity index (χ1v) is 14.8. The molecule has 13 heteroatoms. The van der Waals surface area contributed by atoms with Gasteiger partial charge in [0.25, 0.3) is 0 Å². The normalized spacial score (nSPS) is 19.7. The number of halogens is 5. The maximum atomic E-state index is 14.2. The number of benzene rings is 1. The van der Waals surface area contributed by atoms with Gasteiger partial charge in [-0.2, -0.15) is 13.2 Å². The van der Waals surface area contributed by atoms with E-state index in [9.17, 15) is 31.5 Å². The molecule has 1 aromatic carbocycles. The number of nitrogens with zero attached hydrogens (tertiary/aromatic N) is 5. The van der Waals surface area contributed by atoms with E-state index in [1.54, 1.807) is 13.1 Å². The SMILES string of the molecule is CC(=O)Nc1ncccc1C1CCN(C(C)=O)CC1.Fc1cccc(C2CCCc3nnc(C4(C(F)(F)F)CC4)n3C2)c1F. The van der Waals surface area contributed by atoms with Crippen molar-refractivity contribution >= 4 is 17.6 Å². The second-order valence-corrected chi connectivity index (χ2v) is 11.8. The zero-order valence-electron chi connectivity index (χ0n) is 24.6. The quantitative estimate of drug-likeness (QED) is 0.360. The largest absolute Gasteiger partial charge is 0.401 e. The minimum atomic E-state index is -4.39. The molecule has 8 nitrogen and oxygen atoms in total. The fourth-order valence-electron chi connectivity index (χ4n) is 6.26. The number of carbonyl (C=O) groups is 2. The van der Waals surface area contributed by atoms with Crippen LogP contribution in [0.15, 0.2) is 36.5 Å². The van der Waals surface area contributed by atoms with Gasteiger partial charge in [0, 0.05) is 52.0 Å². The Morgan fingerprint density at radius 3 is 2.30 bits per heavy atom. The van der Waals surface area contributed by atoms with E-state index in [0.29, 0.717) is 36.8 Å². The van der Waals surface area contributed by atoms with E-state index in [4.69, 9.17) is 0 Å². The number of nitrogens with one attached hydrogen (secondary N) is 1. The van der Waals surface area contributed by atoms with E-state index in [-0.39, 0.29) is 42.6 Å². The number of hydrogen-bond acceptors (Lipinski definition) is 5. The van der Waals surface area contributed by atoms with E-state index in [0.717, 1.165) is 37.6 Å². The highest BCUT2D eigenvalue weighted by Gasteiger charge is 2.67. The van der Waals surface area contributed by atoms with Gasteiger partial charge in [0.1, 0.15) is 22.9 Å². The number of pyridine rings is 1. The Kier molecular flexibility index (Phi) is 9.03. The molecule has 2 aliphatic heterocycles. The van der Waals surface area contributed by atoms with Crippen LogP contribution in [0.2, 0.25) is 0 Å². The maximum Gasteiger partial charge on any atom is 0.401 e. The minimum absolute atomic E-state index is 0.00632. The minimum Gasteiger partial charge on any atom is -0.343 e. The molecule has 1 saturated heterocycles. The number of likely N-dealkylation sites (tertiary alicyclic amines) is 1. The predicted octanol–water partition coefficient (Wildman–Crippen LogP) is 6.04. The lowest BCUT2D eigenvalue weighted by Crippen LogP contribution is -2.36. The Balaban J connectivity index is 0.000000182. The smallest absolute Gasteiger partial charge is 0.343 e. The number of carbonyl (C=O) groups excluding carboxylic acids is 2. The number of aryl methyl sites for hydroxylation is 1. The Hall–Kier alpha value is -3.90. The molecule has 1 unspecified atom stereocenters. The summed E-state index contributed by atoms with van der Waals surface area (Å²) in [5.74, 6) is -0.850. The van der Waals surface area contributed by atoms with E-state index in [1.165, 1.54) is 23.6 Å². The van der Waals surface area contributed by atoms with Crippen molar-refractivity contribution in [3.05, 3.63) is 70.9 Å². The Morgan fingerprint density at radius 2 is 1.66 bits per heavy atom. The molecule has 2 aromatic heterocycles. The molecule has 0 bridgehead atoms. The van der Waals surface area contributed by atoms with Crippen molar-refractivity contribution in [2.45, 2.75) is 88.8 Å². The summed E-state index contributed by atoms with van der Waals surface area (Å²) in [6.07, 6.45) is 0.785. The van der Waals surface area contributed by atoms with Gasteiger partial charge in [-0.25, -0.2) is 13.8 Å². The highest BCUT2D eigenvalue weighted by atomic mass is 19.4. The number of piperidine rings is 1. The molecule has 6 rings (SSSR count). The van der Waals surface area contributed by atoms with Crippen molar-refractivity contribution in [3.63, 3.8) is 0 Å². The topological polar surface area (TPSA) is 93.0 Å². The molecule has 4 heterocycles. The lowest BCUT2D eigenvalue weighted by Gasteiger charge is -2.32. The van der Waals surface area contributed by atoms with Crippen LogP contribution < -0.4 is 5.32 Å². The lowest BCUT2D eigenvalue weighted by molar-refractivity contribution is -0.163. The van der Waals surface area contributed by atoms with Crippen molar-refractivity contribution < 1.29 is 31.5 Å². The Bertz CT molecular complexity index is 1510. The third-order valence-electron chi connectivity index (χ3n) is 8.84. The average molecular weight is 619 g/mol. The van der Waals surface area contributed by atoms with Crippen molar-refractivity contribution in [2.24, 2.45) is 0 Å². The van der Waals surface area contributed by atoms with Crippen molar-refractivity contribution in [1.82, 2.24) is 24.6 Å². The van der Waals surface area contributed by atoms with Crippen LogP contribution >= 0.6 is 0 Å². The highest BCUT2D eigenvalue weighted by Crippen LogP contribution is 2.58. The molecule has 2 amide bonds. The monoisotopic (exact) mass is 618 g/mol. The molecule has 0 spiro atoms. The van der Waals surface area contributed by atoms with Gasteiger partial charge in [-0.3, -0.25) is 9.59 Å². The number of aromatic nitrogens is 4. The van der Waals surface area contributed by atoms with E-state index < -0.39 is 29.1 Å². The Morgan fingerprint density at radius 1 is 0.955 bits per heavy atom. The highest BCUT2D eigenvalue weighted by molar-refractivity contribution is 5.88. The molecular formula is C31H35F5N6O2. The van der Waals surface area contributed by atoms with Gasteiger partial charge in [0.05, 0.1) is 0 Å². The number of anilines is 1. The van der Waals surface area contributed by atoms with E-state index in [2.05, 4.69) is 20.5 Å². The summed E-state index contributed by atoms with van der Waals surface area (Å²) in [4.78, 5) is 28.6. The van der Waals surface area contributed by atoms with Gasteiger partial charge in [-0.15, -0.1) is 10.2 Å². The molecule has 1 N–H and O–H groups in total. The van der Waals surface area contributed by atoms with E-state index >= 15 is 0 Å². The van der Waals surface area contributed by atoms with Crippen LogP contribution in [0.5, 0.6) is 0 Å². The van der Waals surface area contributed by atoms with Crippen LogP contribution in [0.25, 0.3) is 0 Å². The molecule has 0 radical (unpaired) electrons. The van der Waals surface area contributed by atoms with Gasteiger partial charge in [-0.05, 0) is 67.7 Å². The molecule has 1 aliphatic carbocycles. The van der Waals surface area contributed by atoms with Crippen LogP contribution in [0.4, 0.5) is 27.8 Å². The first-order chi connectivity index (χ1) is 20.9. The number of alkyl halides is 3. The number of fused-ring (bicyclic) bond motifs is 1. The first kappa shape index (κ1) is 31.5. The molecule has 3 aliphatic rings. The van der Waals surface area contributed by atoms with Gasteiger partial charge in [-0.1, -0.05) is 18.2 Å². The van der Waals surface area contributed by atoms with Crippen molar-refractivity contribution in [1.29, 1.82) is 0 Å². The molecule has 1 saturated carbocycles. The van der Waals surface area contributed by atoms with Crippen LogP contribution in [0, 0.1) is 11.6 Å². The Labute approximate surface area is 252 Å². The zero-order chi connectivity index (χ0) is 31.6. The second kappa shape index (κ2) is 12.6. The van der Waals surface area contributed by atoms with Crippen LogP contribution in [-0.4, -0.2) is 55.7 Å². The van der Waals surface area contributed by atoms with Crippen LogP contribution in [0.3, 0.4) is 0 Å². The molecule has 236 valence electrons. The third-order valence-corrected chi connectivity index (χ3v) is 8.84. The van der Waals surface area contributed by atoms with Gasteiger partial charge >= 0.3 is 6.18 Å². The fraction of sp³-hybridized carbons (Fsp3) is 0.516. The van der Waals surface area contributed by atoms with Crippen molar-refractivity contribution in [2.75, 3.05) is 18.4 Å². The molecule has 3 aromatic rings. The second-order valence-electron chi connectivity index (χ2n) is 11.8. The summed E-state index contributed by atoms with van der Waals surface area (Å²) in [7, 11) is 0. The zero-order valence-corrected chi connectivity index (χ0v) is 24.6. The summed E-state index contributed by atoms with van der Waals surface area (Å²) in [6, 6.07) is 7.85. The maximum absolute atomic E-state index is 14.2. The number of rotatable bonds is 4. The molecule has 44 heavy (non-hydrogen) atoms. The van der Waals surface area contributed by atoms with Gasteiger partial charge in [0.15, 0.2) is 11.6 Å². The number of amides is 2. The standard InChI is InChI=1S/C17H16F5N3.C14H19N3O2/c18-12-5-2-4-11(14(12)19)10-3-1-6-13-23-24-15(25(13)9-10)16(7-8-16)17(20,21)22;1-10(18)16-14-13(4-3-7-15-14)12-5-8-17(9-6-12)11(2)19/h2,4-5,10H,1,3,6-9H2;3-4,7,12H,5-6,8-9H2,1-2H3,(H,15,16,18). The summed E-state index contributed by atoms with van der Waals surface area (Å²) in [6.45, 7) is 4.77. The molecule has 2 fully saturated rings. The van der Waals surface area contributed by atoms with E-state index in [1.807, 2.05) is 17.0 Å². The van der Waals surface area contributed by atoms with Crippen LogP contribution in [-0.2, 0) is 28.0 Å². The summed E-state index contributed by atoms with van der Waals surface area (Å²) in [5, 5.41) is 10.6. The molecular weight excluding hydrogens is 583 g/mol. The third kappa shape index (κ3) is 6.46. The van der Waals surface area contributed by atoms with Crippen molar-refractivity contribution in [3.8, 4) is 0 Å². The predicted molar refractivity (Wildman–Crippen MR) is 152 cm³/mol. The molecule has 1 atom stereocenters. The summed E-state index contributed by atoms with van der Waals surface area (Å²) in [5.41, 5.74) is -0.668. The lowest BCUT2D eigenvalue weighted by atomic mass is 9.89. The number of hydrogen-bond donors (Lipinski definition) is 1. The fourth-order valence-corrected chi connectivity index (χ4v) is 6.26. The first-order valence-electron chi connectivity index (χ1n) is 14.8. The average Bonchev–Trinajstić information content (AvgIpc) is 3.75.